The van der Waals surface area contributed by atoms with Crippen LogP contribution in [0.5, 0.6) is 11.6 Å². The van der Waals surface area contributed by atoms with Crippen LogP contribution < -0.4 is 9.47 Å². The van der Waals surface area contributed by atoms with Gasteiger partial charge in [-0.05, 0) is 43.8 Å². The van der Waals surface area contributed by atoms with Crippen LogP contribution in [0.1, 0.15) is 29.8 Å². The Hall–Kier alpha value is -3.49. The van der Waals surface area contributed by atoms with E-state index in [0.29, 0.717) is 30.3 Å². The lowest BCUT2D eigenvalue weighted by molar-refractivity contribution is 0.0325. The number of likely N-dealkylation sites (N-methyl/N-ethyl adjacent to an activating group) is 1. The molecule has 0 saturated carbocycles. The van der Waals surface area contributed by atoms with Gasteiger partial charge in [-0.3, -0.25) is 14.7 Å². The summed E-state index contributed by atoms with van der Waals surface area (Å²) in [6, 6.07) is 13.1. The number of fused-ring (bicyclic) bond motifs is 1. The highest BCUT2D eigenvalue weighted by Crippen LogP contribution is 2.34. The Morgan fingerprint density at radius 3 is 2.69 bits per heavy atom. The van der Waals surface area contributed by atoms with Crippen LogP contribution in [0.2, 0.25) is 0 Å². The maximum atomic E-state index is 13.7. The summed E-state index contributed by atoms with van der Waals surface area (Å²) in [6.45, 7) is 5.66. The number of hydrogen-bond acceptors (Lipinski definition) is 7. The van der Waals surface area contributed by atoms with Gasteiger partial charge in [0.25, 0.3) is 5.91 Å². The largest absolute Gasteiger partial charge is 0.496 e. The number of carbonyl (C=O) groups excluding carboxylic acids is 1. The van der Waals surface area contributed by atoms with Crippen LogP contribution in [-0.4, -0.2) is 76.8 Å². The molecule has 3 atom stereocenters. The van der Waals surface area contributed by atoms with Crippen molar-refractivity contribution in [3.8, 4) is 22.8 Å². The van der Waals surface area contributed by atoms with Crippen molar-refractivity contribution >= 4 is 5.91 Å². The lowest BCUT2D eigenvalue weighted by atomic mass is 9.99. The highest BCUT2D eigenvalue weighted by molar-refractivity contribution is 5.98. The summed E-state index contributed by atoms with van der Waals surface area (Å²) in [6.07, 6.45) is 5.09. The topological polar surface area (TPSA) is 88.0 Å². The summed E-state index contributed by atoms with van der Waals surface area (Å²) in [5.74, 6) is 0.823. The summed E-state index contributed by atoms with van der Waals surface area (Å²) in [4.78, 5) is 26.3. The number of rotatable bonds is 8. The number of ether oxygens (including phenoxy) is 2. The number of aliphatic hydroxyl groups is 1. The van der Waals surface area contributed by atoms with E-state index in [9.17, 15) is 9.90 Å². The maximum absolute atomic E-state index is 13.7. The lowest BCUT2D eigenvalue weighted by Gasteiger charge is -2.37. The van der Waals surface area contributed by atoms with Gasteiger partial charge in [0, 0.05) is 55.3 Å². The first-order chi connectivity index (χ1) is 17.4. The van der Waals surface area contributed by atoms with Crippen LogP contribution in [0.25, 0.3) is 11.1 Å². The van der Waals surface area contributed by atoms with Crippen LogP contribution in [-0.2, 0) is 6.54 Å². The molecule has 1 aliphatic rings. The molecule has 8 nitrogen and oxygen atoms in total. The zero-order valence-electron chi connectivity index (χ0n) is 21.3. The molecule has 0 radical (unpaired) electrons. The van der Waals surface area contributed by atoms with Crippen molar-refractivity contribution in [3.05, 3.63) is 72.2 Å². The maximum Gasteiger partial charge on any atom is 0.259 e. The first-order valence-electron chi connectivity index (χ1n) is 12.2. The van der Waals surface area contributed by atoms with Crippen molar-refractivity contribution in [1.82, 2.24) is 19.8 Å². The molecule has 1 amide bonds. The molecular weight excluding hydrogens is 456 g/mol. The molecular formula is C28H34N4O4. The van der Waals surface area contributed by atoms with Crippen LogP contribution >= 0.6 is 0 Å². The van der Waals surface area contributed by atoms with Gasteiger partial charge >= 0.3 is 0 Å². The number of aromatic nitrogens is 2. The average Bonchev–Trinajstić information content (AvgIpc) is 2.90. The van der Waals surface area contributed by atoms with Gasteiger partial charge in [-0.2, -0.15) is 0 Å². The van der Waals surface area contributed by atoms with Crippen molar-refractivity contribution in [1.29, 1.82) is 0 Å². The predicted octanol–water partition coefficient (Wildman–Crippen LogP) is 3.50. The molecule has 0 unspecified atom stereocenters. The van der Waals surface area contributed by atoms with Crippen LogP contribution in [0.3, 0.4) is 0 Å². The first-order valence-corrected chi connectivity index (χ1v) is 12.2. The SMILES string of the molecule is COc1ccccc1-c1cnc2c(c1)C(=O)N([C@@H](C)CO)C[C@H](C)[C@H](CN(C)Cc1ccncc1)O2. The van der Waals surface area contributed by atoms with E-state index < -0.39 is 0 Å². The standard InChI is InChI=1S/C28H34N4O4/c1-19-15-32(20(2)18-33)28(34)24-13-22(23-7-5-6-8-25(23)35-4)14-30-27(24)36-26(19)17-31(3)16-21-9-11-29-12-10-21/h5-14,19-20,26,33H,15-18H2,1-4H3/t19-,20-,26-/m0/s1. The Morgan fingerprint density at radius 1 is 1.22 bits per heavy atom. The molecule has 1 N–H and O–H groups in total. The quantitative estimate of drug-likeness (QED) is 0.517. The molecule has 3 heterocycles. The predicted molar refractivity (Wildman–Crippen MR) is 138 cm³/mol. The fourth-order valence-corrected chi connectivity index (χ4v) is 4.52. The third-order valence-electron chi connectivity index (χ3n) is 6.63. The van der Waals surface area contributed by atoms with Gasteiger partial charge in [-0.15, -0.1) is 0 Å². The zero-order valence-corrected chi connectivity index (χ0v) is 21.3. The van der Waals surface area contributed by atoms with Crippen molar-refractivity contribution in [3.63, 3.8) is 0 Å². The summed E-state index contributed by atoms with van der Waals surface area (Å²) in [5.41, 5.74) is 3.15. The zero-order chi connectivity index (χ0) is 25.7. The van der Waals surface area contributed by atoms with Crippen molar-refractivity contribution in [2.75, 3.05) is 33.9 Å². The Labute approximate surface area is 212 Å². The van der Waals surface area contributed by atoms with Crippen LogP contribution in [0, 0.1) is 5.92 Å². The van der Waals surface area contributed by atoms with E-state index in [4.69, 9.17) is 9.47 Å². The molecule has 36 heavy (non-hydrogen) atoms. The van der Waals surface area contributed by atoms with Crippen molar-refractivity contribution < 1.29 is 19.4 Å². The molecule has 0 aliphatic carbocycles. The van der Waals surface area contributed by atoms with Crippen LogP contribution in [0.15, 0.2) is 61.1 Å². The van der Waals surface area contributed by atoms with Crippen LogP contribution in [0.4, 0.5) is 0 Å². The molecule has 1 aromatic carbocycles. The van der Waals surface area contributed by atoms with Gasteiger partial charge in [-0.1, -0.05) is 25.1 Å². The van der Waals surface area contributed by atoms with Gasteiger partial charge in [0.2, 0.25) is 5.88 Å². The summed E-state index contributed by atoms with van der Waals surface area (Å²) < 4.78 is 11.9. The second-order valence-corrected chi connectivity index (χ2v) is 9.45. The second kappa shape index (κ2) is 11.5. The van der Waals surface area contributed by atoms with E-state index in [0.717, 1.165) is 23.2 Å². The molecule has 0 bridgehead atoms. The van der Waals surface area contributed by atoms with E-state index in [2.05, 4.69) is 21.8 Å². The number of benzene rings is 1. The number of aliphatic hydroxyl groups excluding tert-OH is 1. The number of methoxy groups -OCH3 is 1. The number of para-hydroxylation sites is 1. The normalized spacial score (nSPS) is 18.7. The third-order valence-corrected chi connectivity index (χ3v) is 6.63. The van der Waals surface area contributed by atoms with E-state index in [-0.39, 0.29) is 30.6 Å². The second-order valence-electron chi connectivity index (χ2n) is 9.45. The Kier molecular flexibility index (Phi) is 8.18. The summed E-state index contributed by atoms with van der Waals surface area (Å²) in [7, 11) is 3.67. The molecule has 8 heteroatoms. The van der Waals surface area contributed by atoms with Gasteiger partial charge in [0.05, 0.1) is 19.8 Å². The molecule has 1 aliphatic heterocycles. The first kappa shape index (κ1) is 25.6. The molecule has 0 fully saturated rings. The molecule has 4 rings (SSSR count). The fourth-order valence-electron chi connectivity index (χ4n) is 4.52. The van der Waals surface area contributed by atoms with Gasteiger partial charge in [0.15, 0.2) is 0 Å². The Bertz CT molecular complexity index is 1170. The Morgan fingerprint density at radius 2 is 1.97 bits per heavy atom. The Balaban J connectivity index is 1.68. The molecule has 2 aromatic heterocycles. The van der Waals surface area contributed by atoms with E-state index in [1.165, 1.54) is 0 Å². The molecule has 0 saturated heterocycles. The molecule has 3 aromatic rings. The number of nitrogens with zero attached hydrogens (tertiary/aromatic N) is 4. The van der Waals surface area contributed by atoms with Gasteiger partial charge in [-0.25, -0.2) is 4.98 Å². The van der Waals surface area contributed by atoms with Crippen molar-refractivity contribution in [2.24, 2.45) is 5.92 Å². The number of amides is 1. The highest BCUT2D eigenvalue weighted by atomic mass is 16.5. The van der Waals surface area contributed by atoms with E-state index in [1.54, 1.807) is 30.6 Å². The van der Waals surface area contributed by atoms with E-state index >= 15 is 0 Å². The number of carbonyl (C=O) groups is 1. The average molecular weight is 491 g/mol. The molecule has 0 spiro atoms. The highest BCUT2D eigenvalue weighted by Gasteiger charge is 2.34. The monoisotopic (exact) mass is 490 g/mol. The van der Waals surface area contributed by atoms with Gasteiger partial charge in [0.1, 0.15) is 17.4 Å². The van der Waals surface area contributed by atoms with Gasteiger partial charge < -0.3 is 19.5 Å². The minimum absolute atomic E-state index is 0.0201. The number of pyridine rings is 2. The minimum atomic E-state index is -0.337. The summed E-state index contributed by atoms with van der Waals surface area (Å²) in [5, 5.41) is 9.91. The van der Waals surface area contributed by atoms with E-state index in [1.807, 2.05) is 56.4 Å². The third kappa shape index (κ3) is 5.66. The molecule has 190 valence electrons. The fraction of sp³-hybridized carbons (Fsp3) is 0.393. The van der Waals surface area contributed by atoms with Crippen molar-refractivity contribution in [2.45, 2.75) is 32.5 Å². The lowest BCUT2D eigenvalue weighted by Crippen LogP contribution is -2.49. The number of hydrogen-bond donors (Lipinski definition) is 1. The minimum Gasteiger partial charge on any atom is -0.496 e. The smallest absolute Gasteiger partial charge is 0.259 e. The summed E-state index contributed by atoms with van der Waals surface area (Å²) >= 11 is 0.